The van der Waals surface area contributed by atoms with Gasteiger partial charge in [-0.1, -0.05) is 12.1 Å². The smallest absolute Gasteiger partial charge is 0.140 e. The van der Waals surface area contributed by atoms with E-state index < -0.39 is 10.8 Å². The second kappa shape index (κ2) is 7.64. The van der Waals surface area contributed by atoms with Crippen molar-refractivity contribution in [2.75, 3.05) is 12.8 Å². The van der Waals surface area contributed by atoms with Crippen molar-refractivity contribution in [1.29, 1.82) is 0 Å². The zero-order chi connectivity index (χ0) is 11.8. The minimum absolute atomic E-state index is 0.117. The van der Waals surface area contributed by atoms with Gasteiger partial charge in [-0.3, -0.25) is 4.21 Å². The first kappa shape index (κ1) is 14.4. The fraction of sp³-hybridized carbons (Fsp3) is 0.889. The first-order valence-corrected chi connectivity index (χ1v) is 6.65. The summed E-state index contributed by atoms with van der Waals surface area (Å²) in [5.74, 6) is 0.222. The monoisotopic (exact) mass is 235 g/mol. The normalized spacial score (nSPS) is 18.5. The summed E-state index contributed by atoms with van der Waals surface area (Å²) in [6.07, 6.45) is 3.09. The average Bonchev–Trinajstić information content (AvgIpc) is 2.22. The lowest BCUT2D eigenvalue weighted by Gasteiger charge is -2.18. The summed E-state index contributed by atoms with van der Waals surface area (Å²) in [6, 6.07) is 0.173. The maximum atomic E-state index is 11.1. The quantitative estimate of drug-likeness (QED) is 0.256. The van der Waals surface area contributed by atoms with Crippen LogP contribution in [0.1, 0.15) is 26.7 Å². The molecule has 0 radical (unpaired) electrons. The lowest BCUT2D eigenvalue weighted by molar-refractivity contribution is 0.315. The highest BCUT2D eigenvalue weighted by atomic mass is 32.2. The summed E-state index contributed by atoms with van der Waals surface area (Å²) in [5, 5.41) is 14.7. The molecule has 0 rings (SSSR count). The molecule has 5 nitrogen and oxygen atoms in total. The van der Waals surface area contributed by atoms with E-state index >= 15 is 0 Å². The Morgan fingerprint density at radius 3 is 2.67 bits per heavy atom. The molecule has 0 aromatic carbocycles. The van der Waals surface area contributed by atoms with Crippen LogP contribution in [0, 0.1) is 0 Å². The van der Waals surface area contributed by atoms with Crippen LogP contribution in [0.25, 0.3) is 0 Å². The van der Waals surface area contributed by atoms with Gasteiger partial charge in [0, 0.05) is 41.3 Å². The van der Waals surface area contributed by atoms with Crippen LogP contribution in [-0.2, 0) is 10.8 Å². The molecule has 0 aliphatic carbocycles. The molecule has 0 saturated heterocycles. The molecule has 0 aliphatic rings. The lowest BCUT2D eigenvalue weighted by atomic mass is 10.1. The number of hydrogen-bond acceptors (Lipinski definition) is 4. The third-order valence-corrected chi connectivity index (χ3v) is 3.64. The van der Waals surface area contributed by atoms with Crippen molar-refractivity contribution in [3.8, 4) is 0 Å². The molecule has 0 aromatic rings. The van der Waals surface area contributed by atoms with Crippen molar-refractivity contribution in [2.24, 2.45) is 10.9 Å². The van der Waals surface area contributed by atoms with Crippen molar-refractivity contribution in [1.82, 2.24) is 5.32 Å². The summed E-state index contributed by atoms with van der Waals surface area (Å²) in [5.41, 5.74) is 5.42. The summed E-state index contributed by atoms with van der Waals surface area (Å²) >= 11 is 0. The molecular formula is C9H21N3O2S. The van der Waals surface area contributed by atoms with E-state index in [-0.39, 0.29) is 17.1 Å². The molecule has 0 spiro atoms. The maximum absolute atomic E-state index is 11.1. The number of amidine groups is 1. The number of rotatable bonds is 7. The van der Waals surface area contributed by atoms with Gasteiger partial charge in [0.15, 0.2) is 0 Å². The van der Waals surface area contributed by atoms with Crippen LogP contribution in [0.3, 0.4) is 0 Å². The third kappa shape index (κ3) is 6.46. The van der Waals surface area contributed by atoms with Gasteiger partial charge in [-0.15, -0.1) is 0 Å². The van der Waals surface area contributed by atoms with Crippen LogP contribution >= 0.6 is 0 Å². The number of nitrogens with zero attached hydrogens (tertiary/aromatic N) is 1. The van der Waals surface area contributed by atoms with Gasteiger partial charge in [-0.05, 0) is 13.3 Å². The molecule has 15 heavy (non-hydrogen) atoms. The van der Waals surface area contributed by atoms with Crippen molar-refractivity contribution in [3.05, 3.63) is 0 Å². The summed E-state index contributed by atoms with van der Waals surface area (Å²) in [4.78, 5) is 0. The Morgan fingerprint density at radius 2 is 2.27 bits per heavy atom. The maximum Gasteiger partial charge on any atom is 0.140 e. The molecule has 0 saturated carbocycles. The largest absolute Gasteiger partial charge is 0.409 e. The lowest BCUT2D eigenvalue weighted by Crippen LogP contribution is -2.38. The predicted molar refractivity (Wildman–Crippen MR) is 63.6 cm³/mol. The topological polar surface area (TPSA) is 87.7 Å². The Hall–Kier alpha value is -0.620. The van der Waals surface area contributed by atoms with Crippen molar-refractivity contribution >= 4 is 16.6 Å². The molecule has 4 N–H and O–H groups in total. The molecule has 0 amide bonds. The SMILES string of the molecule is CCC(CC(N)=NO)NCC(C)S(C)=O. The number of oxime groups is 1. The number of nitrogens with one attached hydrogen (secondary N) is 1. The molecule has 0 bridgehead atoms. The van der Waals surface area contributed by atoms with E-state index in [0.29, 0.717) is 13.0 Å². The second-order valence-corrected chi connectivity index (χ2v) is 5.42. The van der Waals surface area contributed by atoms with Crippen LogP contribution in [0.5, 0.6) is 0 Å². The predicted octanol–water partition coefficient (Wildman–Crippen LogP) is 0.258. The van der Waals surface area contributed by atoms with Crippen LogP contribution in [0.2, 0.25) is 0 Å². The van der Waals surface area contributed by atoms with Gasteiger partial charge in [0.1, 0.15) is 5.84 Å². The highest BCUT2D eigenvalue weighted by Crippen LogP contribution is 1.99. The molecule has 6 heteroatoms. The van der Waals surface area contributed by atoms with E-state index in [1.807, 2.05) is 13.8 Å². The number of nitrogens with two attached hydrogens (primary N) is 1. The average molecular weight is 235 g/mol. The molecular weight excluding hydrogens is 214 g/mol. The molecule has 90 valence electrons. The Kier molecular flexibility index (Phi) is 7.33. The fourth-order valence-corrected chi connectivity index (χ4v) is 1.44. The van der Waals surface area contributed by atoms with E-state index in [1.54, 1.807) is 6.26 Å². The Morgan fingerprint density at radius 1 is 1.67 bits per heavy atom. The first-order chi connectivity index (χ1) is 7.01. The van der Waals surface area contributed by atoms with Gasteiger partial charge >= 0.3 is 0 Å². The van der Waals surface area contributed by atoms with E-state index in [2.05, 4.69) is 10.5 Å². The van der Waals surface area contributed by atoms with Crippen molar-refractivity contribution in [2.45, 2.75) is 38.0 Å². The fourth-order valence-electron chi connectivity index (χ4n) is 1.10. The highest BCUT2D eigenvalue weighted by Gasteiger charge is 2.11. The van der Waals surface area contributed by atoms with E-state index in [9.17, 15) is 4.21 Å². The van der Waals surface area contributed by atoms with Crippen LogP contribution in [-0.4, -0.2) is 39.3 Å². The van der Waals surface area contributed by atoms with Crippen LogP contribution in [0.15, 0.2) is 5.16 Å². The zero-order valence-corrected chi connectivity index (χ0v) is 10.4. The van der Waals surface area contributed by atoms with Crippen LogP contribution in [0.4, 0.5) is 0 Å². The van der Waals surface area contributed by atoms with Gasteiger partial charge < -0.3 is 16.3 Å². The van der Waals surface area contributed by atoms with Gasteiger partial charge in [0.05, 0.1) is 0 Å². The standard InChI is InChI=1S/C9H21N3O2S/c1-4-8(5-9(10)12-13)11-6-7(2)15(3)14/h7-8,11,13H,4-6H2,1-3H3,(H2,10,12). The molecule has 0 fully saturated rings. The van der Waals surface area contributed by atoms with Gasteiger partial charge in [-0.2, -0.15) is 0 Å². The number of hydrogen-bond donors (Lipinski definition) is 3. The Balaban J connectivity index is 3.95. The molecule has 0 heterocycles. The summed E-state index contributed by atoms with van der Waals surface area (Å²) in [7, 11) is -0.817. The minimum atomic E-state index is -0.817. The molecule has 0 aromatic heterocycles. The molecule has 3 atom stereocenters. The summed E-state index contributed by atoms with van der Waals surface area (Å²) in [6.45, 7) is 4.63. The molecule has 3 unspecified atom stereocenters. The van der Waals surface area contributed by atoms with E-state index in [0.717, 1.165) is 6.42 Å². The van der Waals surface area contributed by atoms with Crippen molar-refractivity contribution in [3.63, 3.8) is 0 Å². The third-order valence-electron chi connectivity index (χ3n) is 2.34. The van der Waals surface area contributed by atoms with E-state index in [1.165, 1.54) is 0 Å². The second-order valence-electron chi connectivity index (χ2n) is 3.62. The summed E-state index contributed by atoms with van der Waals surface area (Å²) < 4.78 is 11.1. The minimum Gasteiger partial charge on any atom is -0.409 e. The van der Waals surface area contributed by atoms with Crippen molar-refractivity contribution < 1.29 is 9.42 Å². The van der Waals surface area contributed by atoms with Crippen LogP contribution < -0.4 is 11.1 Å². The zero-order valence-electron chi connectivity index (χ0n) is 9.56. The van der Waals surface area contributed by atoms with E-state index in [4.69, 9.17) is 10.9 Å². The molecule has 0 aliphatic heterocycles. The van der Waals surface area contributed by atoms with Gasteiger partial charge in [-0.25, -0.2) is 0 Å². The Bertz CT molecular complexity index is 233. The van der Waals surface area contributed by atoms with Gasteiger partial charge in [0.25, 0.3) is 0 Å². The first-order valence-electron chi connectivity index (χ1n) is 5.03. The van der Waals surface area contributed by atoms with Gasteiger partial charge in [0.2, 0.25) is 0 Å². The Labute approximate surface area is 93.6 Å². The highest BCUT2D eigenvalue weighted by molar-refractivity contribution is 7.84.